The van der Waals surface area contributed by atoms with E-state index in [0.29, 0.717) is 5.46 Å². The average molecular weight is 400 g/mol. The minimum atomic E-state index is -0.169. The molecule has 2 radical (unpaired) electrons. The molecule has 0 aliphatic heterocycles. The maximum Gasteiger partial charge on any atom is 0.163 e. The van der Waals surface area contributed by atoms with Gasteiger partial charge in [-0.1, -0.05) is 72.2 Å². The number of rotatable bonds is 3. The van der Waals surface area contributed by atoms with Crippen molar-refractivity contribution in [2.45, 2.75) is 24.8 Å². The van der Waals surface area contributed by atoms with Gasteiger partial charge in [-0.25, -0.2) is 9.50 Å². The number of hydrogen-bond acceptors (Lipinski definition) is 3. The van der Waals surface area contributed by atoms with Gasteiger partial charge in [0.2, 0.25) is 0 Å². The standard InChI is InChI=1S/C26H21BN4/c27-20-11-12-23-21(15-20)25-29-24(18-7-9-19(10-8-18)26(28)13-4-14-26)22(16-31(25)30-23)17-5-2-1-3-6-17/h1-3,5-12,15-16H,4,13-14,28H2. The third-order valence-corrected chi connectivity index (χ3v) is 6.48. The summed E-state index contributed by atoms with van der Waals surface area (Å²) in [6, 6.07) is 24.6. The third kappa shape index (κ3) is 2.96. The van der Waals surface area contributed by atoms with Gasteiger partial charge < -0.3 is 5.73 Å². The van der Waals surface area contributed by atoms with Crippen LogP contribution < -0.4 is 11.2 Å². The van der Waals surface area contributed by atoms with Crippen molar-refractivity contribution in [2.75, 3.05) is 0 Å². The number of nitrogens with zero attached hydrogens (tertiary/aromatic N) is 3. The van der Waals surface area contributed by atoms with E-state index in [9.17, 15) is 0 Å². The van der Waals surface area contributed by atoms with Crippen LogP contribution in [0.25, 0.3) is 38.9 Å². The molecule has 1 aliphatic carbocycles. The number of aromatic nitrogens is 3. The van der Waals surface area contributed by atoms with E-state index in [1.807, 2.05) is 40.9 Å². The maximum absolute atomic E-state index is 6.53. The van der Waals surface area contributed by atoms with Gasteiger partial charge in [0, 0.05) is 28.2 Å². The fraction of sp³-hybridized carbons (Fsp3) is 0.154. The lowest BCUT2D eigenvalue weighted by Crippen LogP contribution is -2.43. The van der Waals surface area contributed by atoms with Crippen molar-refractivity contribution in [3.05, 3.63) is 84.6 Å². The fourth-order valence-electron chi connectivity index (χ4n) is 4.51. The smallest absolute Gasteiger partial charge is 0.163 e. The molecule has 2 aromatic heterocycles. The second-order valence-electron chi connectivity index (χ2n) is 8.50. The van der Waals surface area contributed by atoms with E-state index < -0.39 is 0 Å². The molecule has 0 spiro atoms. The molecule has 3 aromatic carbocycles. The Hall–Kier alpha value is -3.44. The van der Waals surface area contributed by atoms with Crippen LogP contribution in [0.2, 0.25) is 0 Å². The molecule has 1 aliphatic rings. The zero-order chi connectivity index (χ0) is 21.0. The summed E-state index contributed by atoms with van der Waals surface area (Å²) in [6.45, 7) is 0. The van der Waals surface area contributed by atoms with Crippen LogP contribution in [0.3, 0.4) is 0 Å². The van der Waals surface area contributed by atoms with Gasteiger partial charge in [-0.05, 0) is 36.5 Å². The Labute approximate surface area is 182 Å². The van der Waals surface area contributed by atoms with Crippen LogP contribution in [0.1, 0.15) is 24.8 Å². The van der Waals surface area contributed by atoms with Crippen molar-refractivity contribution >= 4 is 29.9 Å². The second kappa shape index (κ2) is 6.79. The van der Waals surface area contributed by atoms with Crippen molar-refractivity contribution in [3.8, 4) is 22.4 Å². The Morgan fingerprint density at radius 1 is 0.903 bits per heavy atom. The summed E-state index contributed by atoms with van der Waals surface area (Å²) in [4.78, 5) is 5.09. The molecule has 2 N–H and O–H groups in total. The first-order valence-corrected chi connectivity index (χ1v) is 10.6. The number of fused-ring (bicyclic) bond motifs is 3. The van der Waals surface area contributed by atoms with Crippen molar-refractivity contribution < 1.29 is 0 Å². The van der Waals surface area contributed by atoms with Gasteiger partial charge in [-0.15, -0.1) is 0 Å². The molecule has 0 atom stereocenters. The summed E-state index contributed by atoms with van der Waals surface area (Å²) in [5.74, 6) is 0. The predicted octanol–water partition coefficient (Wildman–Crippen LogP) is 4.35. The molecular weight excluding hydrogens is 379 g/mol. The molecule has 6 rings (SSSR count). The van der Waals surface area contributed by atoms with Crippen LogP contribution in [-0.4, -0.2) is 22.4 Å². The highest BCUT2D eigenvalue weighted by atomic mass is 15.2. The number of benzene rings is 3. The van der Waals surface area contributed by atoms with Crippen LogP contribution in [0.15, 0.2) is 79.0 Å². The maximum atomic E-state index is 6.53. The molecule has 1 saturated carbocycles. The topological polar surface area (TPSA) is 56.2 Å². The monoisotopic (exact) mass is 400 g/mol. The van der Waals surface area contributed by atoms with Crippen molar-refractivity contribution in [1.29, 1.82) is 0 Å². The molecular formula is C26H21BN4. The highest BCUT2D eigenvalue weighted by molar-refractivity contribution is 6.33. The minimum Gasteiger partial charge on any atom is -0.321 e. The first kappa shape index (κ1) is 18.3. The quantitative estimate of drug-likeness (QED) is 0.458. The van der Waals surface area contributed by atoms with E-state index >= 15 is 0 Å². The molecule has 1 fully saturated rings. The van der Waals surface area contributed by atoms with Crippen LogP contribution in [0, 0.1) is 0 Å². The largest absolute Gasteiger partial charge is 0.321 e. The lowest BCUT2D eigenvalue weighted by Gasteiger charge is -2.38. The van der Waals surface area contributed by atoms with Crippen LogP contribution in [0.5, 0.6) is 0 Å². The van der Waals surface area contributed by atoms with E-state index in [-0.39, 0.29) is 5.54 Å². The van der Waals surface area contributed by atoms with E-state index in [1.54, 1.807) is 0 Å². The summed E-state index contributed by atoms with van der Waals surface area (Å²) in [6.07, 6.45) is 5.36. The van der Waals surface area contributed by atoms with Crippen LogP contribution >= 0.6 is 0 Å². The van der Waals surface area contributed by atoms with Crippen LogP contribution in [-0.2, 0) is 5.54 Å². The molecule has 5 aromatic rings. The SMILES string of the molecule is [B]c1ccc2nn3cc(-c4ccccc4)c(-c4ccc(C5(N)CCC5)cc4)nc3c2c1. The molecule has 2 heterocycles. The average Bonchev–Trinajstić information content (AvgIpc) is 3.14. The molecule has 0 unspecified atom stereocenters. The first-order valence-electron chi connectivity index (χ1n) is 10.6. The Morgan fingerprint density at radius 2 is 1.68 bits per heavy atom. The Kier molecular flexibility index (Phi) is 4.02. The fourth-order valence-corrected chi connectivity index (χ4v) is 4.51. The first-order chi connectivity index (χ1) is 15.1. The highest BCUT2D eigenvalue weighted by Gasteiger charge is 2.34. The molecule has 148 valence electrons. The van der Waals surface area contributed by atoms with Gasteiger partial charge >= 0.3 is 0 Å². The minimum absolute atomic E-state index is 0.169. The van der Waals surface area contributed by atoms with Gasteiger partial charge in [0.25, 0.3) is 0 Å². The molecule has 4 nitrogen and oxygen atoms in total. The summed E-state index contributed by atoms with van der Waals surface area (Å²) in [7, 11) is 6.04. The zero-order valence-corrected chi connectivity index (χ0v) is 17.1. The normalized spacial score (nSPS) is 15.3. The number of nitrogens with two attached hydrogens (primary N) is 1. The van der Waals surface area contributed by atoms with Gasteiger partial charge in [-0.3, -0.25) is 0 Å². The number of hydrogen-bond donors (Lipinski definition) is 1. The van der Waals surface area contributed by atoms with E-state index in [1.165, 1.54) is 12.0 Å². The van der Waals surface area contributed by atoms with Crippen molar-refractivity contribution in [2.24, 2.45) is 5.73 Å². The lowest BCUT2D eigenvalue weighted by molar-refractivity contribution is 0.253. The Bertz CT molecular complexity index is 1420. The summed E-state index contributed by atoms with van der Waals surface area (Å²) in [5, 5.41) is 5.68. The van der Waals surface area contributed by atoms with Gasteiger partial charge in [-0.2, -0.15) is 5.10 Å². The summed E-state index contributed by atoms with van der Waals surface area (Å²) < 4.78 is 1.85. The molecule has 31 heavy (non-hydrogen) atoms. The lowest BCUT2D eigenvalue weighted by atomic mass is 9.72. The molecule has 0 bridgehead atoms. The van der Waals surface area contributed by atoms with Crippen LogP contribution in [0.4, 0.5) is 0 Å². The highest BCUT2D eigenvalue weighted by Crippen LogP contribution is 2.40. The summed E-state index contributed by atoms with van der Waals surface area (Å²) >= 11 is 0. The van der Waals surface area contributed by atoms with E-state index in [2.05, 4.69) is 42.6 Å². The molecule has 0 saturated heterocycles. The van der Waals surface area contributed by atoms with E-state index in [0.717, 1.165) is 51.8 Å². The molecule has 5 heteroatoms. The van der Waals surface area contributed by atoms with Crippen molar-refractivity contribution in [3.63, 3.8) is 0 Å². The third-order valence-electron chi connectivity index (χ3n) is 6.48. The van der Waals surface area contributed by atoms with Crippen molar-refractivity contribution in [1.82, 2.24) is 14.6 Å². The van der Waals surface area contributed by atoms with Gasteiger partial charge in [0.1, 0.15) is 7.85 Å². The van der Waals surface area contributed by atoms with Gasteiger partial charge in [0.05, 0.1) is 11.2 Å². The summed E-state index contributed by atoms with van der Waals surface area (Å²) in [5.41, 5.74) is 14.1. The Morgan fingerprint density at radius 3 is 2.39 bits per heavy atom. The zero-order valence-electron chi connectivity index (χ0n) is 17.1. The molecule has 0 amide bonds. The predicted molar refractivity (Wildman–Crippen MR) is 126 cm³/mol. The Balaban J connectivity index is 1.58. The van der Waals surface area contributed by atoms with Gasteiger partial charge in [0.15, 0.2) is 5.65 Å². The second-order valence-corrected chi connectivity index (χ2v) is 8.50. The van der Waals surface area contributed by atoms with E-state index in [4.69, 9.17) is 23.7 Å².